The van der Waals surface area contributed by atoms with Crippen molar-refractivity contribution in [3.05, 3.63) is 41.5 Å². The summed E-state index contributed by atoms with van der Waals surface area (Å²) in [7, 11) is 0. The van der Waals surface area contributed by atoms with Gasteiger partial charge in [0, 0.05) is 29.4 Å². The fourth-order valence-corrected chi connectivity index (χ4v) is 3.95. The fourth-order valence-electron chi connectivity index (χ4n) is 3.95. The second-order valence-electron chi connectivity index (χ2n) is 8.03. The zero-order chi connectivity index (χ0) is 23.8. The quantitative estimate of drug-likeness (QED) is 0.393. The molecule has 0 aromatic carbocycles. The molecule has 8 nitrogen and oxygen atoms in total. The molecule has 0 spiro atoms. The van der Waals surface area contributed by atoms with Gasteiger partial charge in [-0.2, -0.15) is 13.2 Å². The molecule has 0 unspecified atom stereocenters. The van der Waals surface area contributed by atoms with Crippen molar-refractivity contribution in [3.8, 4) is 22.5 Å². The van der Waals surface area contributed by atoms with Crippen LogP contribution in [0.25, 0.3) is 33.5 Å². The van der Waals surface area contributed by atoms with Gasteiger partial charge in [-0.05, 0) is 38.8 Å². The number of nitrogens with two attached hydrogens (primary N) is 2. The van der Waals surface area contributed by atoms with Crippen molar-refractivity contribution >= 4 is 17.0 Å². The lowest BCUT2D eigenvalue weighted by molar-refractivity contribution is -0.137. The van der Waals surface area contributed by atoms with Crippen LogP contribution in [0.4, 0.5) is 19.1 Å². The van der Waals surface area contributed by atoms with Crippen LogP contribution in [0.1, 0.15) is 42.7 Å². The number of fused-ring (bicyclic) bond motifs is 1. The minimum atomic E-state index is -4.61. The Bertz CT molecular complexity index is 1250. The van der Waals surface area contributed by atoms with Crippen LogP contribution in [-0.2, 0) is 6.18 Å². The van der Waals surface area contributed by atoms with Crippen LogP contribution in [0.2, 0.25) is 0 Å². The van der Waals surface area contributed by atoms with Crippen molar-refractivity contribution in [1.29, 1.82) is 0 Å². The molecule has 1 aliphatic rings. The van der Waals surface area contributed by atoms with E-state index in [1.807, 2.05) is 0 Å². The van der Waals surface area contributed by atoms with Gasteiger partial charge in [0.2, 0.25) is 5.95 Å². The maximum atomic E-state index is 13.3. The normalized spacial score (nSPS) is 14.5. The Morgan fingerprint density at radius 2 is 1.85 bits per heavy atom. The average molecular weight is 459 g/mol. The highest BCUT2D eigenvalue weighted by atomic mass is 19.4. The van der Waals surface area contributed by atoms with E-state index in [9.17, 15) is 13.2 Å². The third kappa shape index (κ3) is 4.68. The zero-order valence-corrected chi connectivity index (χ0v) is 18.2. The van der Waals surface area contributed by atoms with E-state index in [1.54, 1.807) is 26.0 Å². The van der Waals surface area contributed by atoms with Crippen LogP contribution in [0.5, 0.6) is 0 Å². The molecule has 0 saturated heterocycles. The van der Waals surface area contributed by atoms with E-state index in [-0.39, 0.29) is 17.2 Å². The number of pyridine rings is 1. The minimum absolute atomic E-state index is 0.240. The first kappa shape index (κ1) is 22.7. The number of alkyl halides is 3. The van der Waals surface area contributed by atoms with E-state index in [0.29, 0.717) is 40.4 Å². The summed E-state index contributed by atoms with van der Waals surface area (Å²) in [6.07, 6.45) is 2.74. The molecular formula is C22H24F3N7O. The first-order valence-corrected chi connectivity index (χ1v) is 10.5. The summed E-state index contributed by atoms with van der Waals surface area (Å²) in [5.74, 6) is 0.363. The Labute approximate surface area is 187 Å². The van der Waals surface area contributed by atoms with Crippen LogP contribution < -0.4 is 11.5 Å². The van der Waals surface area contributed by atoms with Crippen molar-refractivity contribution in [1.82, 2.24) is 25.1 Å². The lowest BCUT2D eigenvalue weighted by Gasteiger charge is -2.11. The highest BCUT2D eigenvalue weighted by Gasteiger charge is 2.36. The van der Waals surface area contributed by atoms with Gasteiger partial charge in [-0.25, -0.2) is 15.0 Å². The average Bonchev–Trinajstić information content (AvgIpc) is 3.47. The summed E-state index contributed by atoms with van der Waals surface area (Å²) in [4.78, 5) is 14.7. The van der Waals surface area contributed by atoms with Crippen molar-refractivity contribution in [2.24, 2.45) is 5.73 Å². The van der Waals surface area contributed by atoms with Gasteiger partial charge >= 0.3 is 6.18 Å². The number of hydrogen-bond donors (Lipinski definition) is 3. The van der Waals surface area contributed by atoms with Crippen molar-refractivity contribution in [2.45, 2.75) is 51.7 Å². The number of nitrogens with zero attached hydrogens (tertiary/aromatic N) is 4. The van der Waals surface area contributed by atoms with E-state index in [2.05, 4.69) is 25.1 Å². The number of aromatic nitrogens is 5. The van der Waals surface area contributed by atoms with Crippen LogP contribution in [0.15, 0.2) is 29.0 Å². The maximum Gasteiger partial charge on any atom is 0.419 e. The predicted octanol–water partition coefficient (Wildman–Crippen LogP) is 4.78. The second kappa shape index (κ2) is 8.81. The lowest BCUT2D eigenvalue weighted by Crippen LogP contribution is -2.13. The Morgan fingerprint density at radius 3 is 2.42 bits per heavy atom. The molecule has 5 N–H and O–H groups in total. The van der Waals surface area contributed by atoms with Crippen LogP contribution in [0.3, 0.4) is 0 Å². The molecule has 0 aliphatic heterocycles. The summed E-state index contributed by atoms with van der Waals surface area (Å²) in [6.45, 7) is 3.55. The van der Waals surface area contributed by atoms with Gasteiger partial charge in [-0.1, -0.05) is 18.0 Å². The molecule has 33 heavy (non-hydrogen) atoms. The third-order valence-corrected chi connectivity index (χ3v) is 5.60. The van der Waals surface area contributed by atoms with Crippen molar-refractivity contribution in [3.63, 3.8) is 0 Å². The zero-order valence-electron chi connectivity index (χ0n) is 18.2. The highest BCUT2D eigenvalue weighted by molar-refractivity contribution is 5.94. The number of H-pyrrole nitrogens is 1. The molecule has 1 fully saturated rings. The molecule has 0 atom stereocenters. The van der Waals surface area contributed by atoms with Gasteiger partial charge in [-0.15, -0.1) is 0 Å². The number of hydrogen-bond acceptors (Lipinski definition) is 7. The molecule has 4 heterocycles. The first-order valence-electron chi connectivity index (χ1n) is 10.5. The molecule has 5 rings (SSSR count). The monoisotopic (exact) mass is 459 g/mol. The van der Waals surface area contributed by atoms with E-state index in [1.165, 1.54) is 31.9 Å². The van der Waals surface area contributed by atoms with E-state index >= 15 is 0 Å². The smallest absolute Gasteiger partial charge is 0.368 e. The lowest BCUT2D eigenvalue weighted by atomic mass is 10.1. The Hall–Kier alpha value is -3.47. The fraction of sp³-hybridized carbons (Fsp3) is 0.364. The number of halogens is 3. The van der Waals surface area contributed by atoms with E-state index in [4.69, 9.17) is 16.0 Å². The Kier molecular flexibility index (Phi) is 6.07. The molecule has 1 saturated carbocycles. The molecule has 174 valence electrons. The van der Waals surface area contributed by atoms with E-state index in [0.717, 1.165) is 5.56 Å². The maximum absolute atomic E-state index is 13.3. The topological polar surface area (TPSA) is 133 Å². The molecule has 4 aromatic heterocycles. The van der Waals surface area contributed by atoms with Crippen LogP contribution in [0, 0.1) is 13.8 Å². The van der Waals surface area contributed by atoms with Gasteiger partial charge in [0.15, 0.2) is 0 Å². The Morgan fingerprint density at radius 1 is 1.12 bits per heavy atom. The largest absolute Gasteiger partial charge is 0.419 e. The molecule has 1 aliphatic carbocycles. The van der Waals surface area contributed by atoms with Gasteiger partial charge < -0.3 is 21.0 Å². The van der Waals surface area contributed by atoms with Gasteiger partial charge in [0.25, 0.3) is 0 Å². The SMILES string of the molecule is Cc1noc(C)c1-c1ccc2c(-c3nc(N)ncc3C(F)(F)F)c[nH]c2n1.NC1CCCC1. The number of anilines is 1. The summed E-state index contributed by atoms with van der Waals surface area (Å²) >= 11 is 0. The highest BCUT2D eigenvalue weighted by Crippen LogP contribution is 2.38. The standard InChI is InChI=1S/C17H13F3N6O.C5H11N/c1-7-13(8(2)27-26-7)12-4-3-9-10(5-22-15(9)24-12)14-11(17(18,19)20)6-23-16(21)25-14;6-5-3-1-2-4-5/h3-6H,1-2H3,(H,22,24)(H2,21,23,25);5H,1-4,6H2. The minimum Gasteiger partial charge on any atom is -0.368 e. The third-order valence-electron chi connectivity index (χ3n) is 5.60. The van der Waals surface area contributed by atoms with E-state index < -0.39 is 11.7 Å². The van der Waals surface area contributed by atoms with Crippen molar-refractivity contribution < 1.29 is 17.7 Å². The number of nitrogen functional groups attached to an aromatic ring is 1. The van der Waals surface area contributed by atoms with Gasteiger partial charge in [0.05, 0.1) is 22.6 Å². The molecule has 0 amide bonds. The molecule has 4 aromatic rings. The first-order chi connectivity index (χ1) is 15.6. The summed E-state index contributed by atoms with van der Waals surface area (Å²) < 4.78 is 45.2. The summed E-state index contributed by atoms with van der Waals surface area (Å²) in [5.41, 5.74) is 12.5. The number of aromatic amines is 1. The molecule has 0 bridgehead atoms. The predicted molar refractivity (Wildman–Crippen MR) is 118 cm³/mol. The van der Waals surface area contributed by atoms with Crippen molar-refractivity contribution in [2.75, 3.05) is 5.73 Å². The summed E-state index contributed by atoms with van der Waals surface area (Å²) in [5, 5.41) is 4.37. The molecular weight excluding hydrogens is 435 g/mol. The van der Waals surface area contributed by atoms with Crippen LogP contribution >= 0.6 is 0 Å². The van der Waals surface area contributed by atoms with Gasteiger partial charge in [0.1, 0.15) is 17.0 Å². The van der Waals surface area contributed by atoms with Gasteiger partial charge in [-0.3, -0.25) is 0 Å². The number of nitrogens with one attached hydrogen (secondary N) is 1. The second-order valence-corrected chi connectivity index (χ2v) is 8.03. The van der Waals surface area contributed by atoms with Crippen LogP contribution in [-0.4, -0.2) is 31.1 Å². The molecule has 11 heteroatoms. The number of rotatable bonds is 2. The summed E-state index contributed by atoms with van der Waals surface area (Å²) in [6, 6.07) is 3.92. The molecule has 0 radical (unpaired) electrons. The Balaban J connectivity index is 0.000000376. The number of aryl methyl sites for hydroxylation is 2.